The Balaban J connectivity index is 2.00. The van der Waals surface area contributed by atoms with Gasteiger partial charge < -0.3 is 19.6 Å². The molecule has 0 saturated heterocycles. The Kier molecular flexibility index (Phi) is 3.99. The van der Waals surface area contributed by atoms with Gasteiger partial charge in [-0.3, -0.25) is 9.59 Å². The number of amides is 1. The molecule has 27 heavy (non-hydrogen) atoms. The van der Waals surface area contributed by atoms with Gasteiger partial charge >= 0.3 is 0 Å². The number of phenols is 1. The van der Waals surface area contributed by atoms with Gasteiger partial charge in [0.2, 0.25) is 5.76 Å². The van der Waals surface area contributed by atoms with Crippen LogP contribution in [0, 0.1) is 13.8 Å². The van der Waals surface area contributed by atoms with Crippen molar-refractivity contribution in [2.75, 3.05) is 7.11 Å². The minimum Gasteiger partial charge on any atom is -0.503 e. The fourth-order valence-electron chi connectivity index (χ4n) is 3.53. The van der Waals surface area contributed by atoms with E-state index in [1.807, 2.05) is 19.9 Å². The minimum absolute atomic E-state index is 0.0209. The summed E-state index contributed by atoms with van der Waals surface area (Å²) in [5.41, 5.74) is 2.77. The molecule has 2 heterocycles. The number of benzene rings is 2. The molecule has 0 spiro atoms. The van der Waals surface area contributed by atoms with Gasteiger partial charge in [-0.25, -0.2) is 0 Å². The Labute approximate surface area is 162 Å². The number of nitrogens with one attached hydrogen (secondary N) is 1. The lowest BCUT2D eigenvalue weighted by atomic mass is 9.97. The monoisotopic (exact) mass is 429 g/mol. The highest BCUT2D eigenvalue weighted by atomic mass is 79.9. The molecule has 6 nitrogen and oxygen atoms in total. The van der Waals surface area contributed by atoms with Gasteiger partial charge in [0.1, 0.15) is 5.58 Å². The predicted molar refractivity (Wildman–Crippen MR) is 104 cm³/mol. The van der Waals surface area contributed by atoms with E-state index in [0.717, 1.165) is 11.1 Å². The molecule has 7 heteroatoms. The summed E-state index contributed by atoms with van der Waals surface area (Å²) in [6.45, 7) is 3.75. The lowest BCUT2D eigenvalue weighted by molar-refractivity contribution is 0.0938. The van der Waals surface area contributed by atoms with Crippen molar-refractivity contribution in [1.82, 2.24) is 5.32 Å². The van der Waals surface area contributed by atoms with Crippen LogP contribution in [0.5, 0.6) is 11.5 Å². The molecular weight excluding hydrogens is 414 g/mol. The number of fused-ring (bicyclic) bond motifs is 2. The first-order valence-corrected chi connectivity index (χ1v) is 9.06. The zero-order chi connectivity index (χ0) is 19.5. The SMILES string of the molecule is COc1cc(C2NC(=O)c3oc4c(C)cc(C)cc4c(=O)c32)cc(Br)c1O. The van der Waals surface area contributed by atoms with Crippen LogP contribution in [0.3, 0.4) is 0 Å². The molecule has 0 radical (unpaired) electrons. The number of aryl methyl sites for hydroxylation is 2. The first-order valence-electron chi connectivity index (χ1n) is 8.27. The van der Waals surface area contributed by atoms with Crippen molar-refractivity contribution in [3.8, 4) is 11.5 Å². The van der Waals surface area contributed by atoms with E-state index in [1.54, 1.807) is 18.2 Å². The van der Waals surface area contributed by atoms with Crippen LogP contribution in [0.25, 0.3) is 11.0 Å². The van der Waals surface area contributed by atoms with Crippen molar-refractivity contribution in [2.45, 2.75) is 19.9 Å². The molecule has 1 atom stereocenters. The number of carbonyl (C=O) groups excluding carboxylic acids is 1. The third kappa shape index (κ3) is 2.61. The zero-order valence-corrected chi connectivity index (χ0v) is 16.4. The minimum atomic E-state index is -0.695. The average molecular weight is 430 g/mol. The fraction of sp³-hybridized carbons (Fsp3) is 0.200. The summed E-state index contributed by atoms with van der Waals surface area (Å²) in [6.07, 6.45) is 0. The quantitative estimate of drug-likeness (QED) is 0.647. The van der Waals surface area contributed by atoms with E-state index in [4.69, 9.17) is 9.15 Å². The van der Waals surface area contributed by atoms with E-state index in [2.05, 4.69) is 21.2 Å². The zero-order valence-electron chi connectivity index (χ0n) is 14.8. The molecule has 1 aliphatic heterocycles. The normalized spacial score (nSPS) is 15.7. The van der Waals surface area contributed by atoms with Gasteiger partial charge in [0.15, 0.2) is 16.9 Å². The Morgan fingerprint density at radius 1 is 1.19 bits per heavy atom. The van der Waals surface area contributed by atoms with Crippen LogP contribution in [0.2, 0.25) is 0 Å². The summed E-state index contributed by atoms with van der Waals surface area (Å²) >= 11 is 3.27. The highest BCUT2D eigenvalue weighted by molar-refractivity contribution is 9.10. The van der Waals surface area contributed by atoms with Crippen molar-refractivity contribution in [2.24, 2.45) is 0 Å². The number of carbonyl (C=O) groups is 1. The van der Waals surface area contributed by atoms with Crippen molar-refractivity contribution in [3.63, 3.8) is 0 Å². The molecule has 1 aromatic heterocycles. The van der Waals surface area contributed by atoms with Crippen molar-refractivity contribution in [1.29, 1.82) is 0 Å². The lowest BCUT2D eigenvalue weighted by Gasteiger charge is -2.15. The van der Waals surface area contributed by atoms with E-state index < -0.39 is 11.9 Å². The number of rotatable bonds is 2. The molecule has 0 fully saturated rings. The largest absolute Gasteiger partial charge is 0.503 e. The van der Waals surface area contributed by atoms with Crippen LogP contribution in [0.15, 0.2) is 37.9 Å². The molecule has 1 amide bonds. The maximum absolute atomic E-state index is 13.2. The van der Waals surface area contributed by atoms with Crippen LogP contribution in [-0.4, -0.2) is 18.1 Å². The predicted octanol–water partition coefficient (Wildman–Crippen LogP) is 3.72. The number of hydrogen-bond acceptors (Lipinski definition) is 5. The topological polar surface area (TPSA) is 88.8 Å². The molecule has 2 aromatic carbocycles. The molecular formula is C20H16BrNO5. The Hall–Kier alpha value is -2.80. The van der Waals surface area contributed by atoms with Gasteiger partial charge in [0.05, 0.1) is 28.6 Å². The lowest BCUT2D eigenvalue weighted by Crippen LogP contribution is -2.22. The van der Waals surface area contributed by atoms with Crippen LogP contribution in [-0.2, 0) is 0 Å². The van der Waals surface area contributed by atoms with Gasteiger partial charge in [-0.1, -0.05) is 6.07 Å². The van der Waals surface area contributed by atoms with Crippen LogP contribution >= 0.6 is 15.9 Å². The summed E-state index contributed by atoms with van der Waals surface area (Å²) in [5, 5.41) is 13.3. The molecule has 138 valence electrons. The Bertz CT molecular complexity index is 1180. The maximum Gasteiger partial charge on any atom is 0.288 e. The molecule has 0 bridgehead atoms. The molecule has 1 aliphatic rings. The third-order valence-electron chi connectivity index (χ3n) is 4.73. The summed E-state index contributed by atoms with van der Waals surface area (Å²) in [4.78, 5) is 25.7. The van der Waals surface area contributed by atoms with Crippen molar-refractivity contribution >= 4 is 32.8 Å². The van der Waals surface area contributed by atoms with Crippen molar-refractivity contribution in [3.05, 3.63) is 67.0 Å². The molecule has 2 N–H and O–H groups in total. The summed E-state index contributed by atoms with van der Waals surface area (Å²) in [5.74, 6) is -0.244. The van der Waals surface area contributed by atoms with Crippen molar-refractivity contribution < 1.29 is 19.1 Å². The number of halogens is 1. The van der Waals surface area contributed by atoms with E-state index in [0.29, 0.717) is 21.0 Å². The Morgan fingerprint density at radius 3 is 2.63 bits per heavy atom. The van der Waals surface area contributed by atoms with Crippen LogP contribution in [0.4, 0.5) is 0 Å². The van der Waals surface area contributed by atoms with E-state index >= 15 is 0 Å². The maximum atomic E-state index is 13.2. The first kappa shape index (κ1) is 17.6. The van der Waals surface area contributed by atoms with Gasteiger partial charge in [-0.05, 0) is 64.7 Å². The fourth-order valence-corrected chi connectivity index (χ4v) is 3.99. The smallest absolute Gasteiger partial charge is 0.288 e. The van der Waals surface area contributed by atoms with Crippen LogP contribution in [0.1, 0.15) is 38.9 Å². The molecule has 3 aromatic rings. The second-order valence-electron chi connectivity index (χ2n) is 6.59. The van der Waals surface area contributed by atoms with Gasteiger partial charge in [0, 0.05) is 0 Å². The standard InChI is InChI=1S/C20H16BrNO5/c1-8-4-9(2)18-11(5-8)16(23)14-15(22-20(25)19(14)27-18)10-6-12(21)17(24)13(7-10)26-3/h4-7,15,24H,1-3H3,(H,22,25). The first-order chi connectivity index (χ1) is 12.8. The van der Waals surface area contributed by atoms with E-state index in [1.165, 1.54) is 7.11 Å². The number of aromatic hydroxyl groups is 1. The van der Waals surface area contributed by atoms with Gasteiger partial charge in [-0.2, -0.15) is 0 Å². The summed E-state index contributed by atoms with van der Waals surface area (Å²) < 4.78 is 11.4. The number of phenolic OH excluding ortho intramolecular Hbond substituents is 1. The highest BCUT2D eigenvalue weighted by Crippen LogP contribution is 2.40. The van der Waals surface area contributed by atoms with E-state index in [-0.39, 0.29) is 28.3 Å². The second kappa shape index (κ2) is 6.13. The van der Waals surface area contributed by atoms with Gasteiger partial charge in [0.25, 0.3) is 5.91 Å². The van der Waals surface area contributed by atoms with Crippen LogP contribution < -0.4 is 15.5 Å². The molecule has 4 rings (SSSR count). The van der Waals surface area contributed by atoms with Gasteiger partial charge in [-0.15, -0.1) is 0 Å². The number of ether oxygens (including phenoxy) is 1. The summed E-state index contributed by atoms with van der Waals surface area (Å²) in [7, 11) is 1.43. The highest BCUT2D eigenvalue weighted by Gasteiger charge is 2.36. The molecule has 1 unspecified atom stereocenters. The third-order valence-corrected chi connectivity index (χ3v) is 5.34. The Morgan fingerprint density at radius 2 is 1.93 bits per heavy atom. The number of hydrogen-bond donors (Lipinski definition) is 2. The molecule has 0 saturated carbocycles. The van der Waals surface area contributed by atoms with E-state index in [9.17, 15) is 14.7 Å². The average Bonchev–Trinajstić information content (AvgIpc) is 2.95. The number of methoxy groups -OCH3 is 1. The summed E-state index contributed by atoms with van der Waals surface area (Å²) in [6, 6.07) is 6.21. The second-order valence-corrected chi connectivity index (χ2v) is 7.45. The molecule has 0 aliphatic carbocycles.